The van der Waals surface area contributed by atoms with Crippen LogP contribution in [-0.2, 0) is 0 Å². The van der Waals surface area contributed by atoms with Crippen LogP contribution in [0, 0.1) is 6.92 Å². The lowest BCUT2D eigenvalue weighted by atomic mass is 10.2. The van der Waals surface area contributed by atoms with Gasteiger partial charge in [-0.3, -0.25) is 14.8 Å². The Bertz CT molecular complexity index is 1510. The number of carbonyl (C=O) groups is 1. The van der Waals surface area contributed by atoms with Gasteiger partial charge >= 0.3 is 0 Å². The number of nitrogens with one attached hydrogen (secondary N) is 2. The summed E-state index contributed by atoms with van der Waals surface area (Å²) in [6, 6.07) is 35.0. The van der Waals surface area contributed by atoms with Crippen molar-refractivity contribution in [1.82, 2.24) is 20.2 Å². The third-order valence-corrected chi connectivity index (χ3v) is 6.43. The van der Waals surface area contributed by atoms with Crippen molar-refractivity contribution in [2.24, 2.45) is 5.84 Å². The maximum atomic E-state index is 10.9. The molecule has 0 aliphatic rings. The van der Waals surface area contributed by atoms with Gasteiger partial charge in [-0.1, -0.05) is 92.6 Å². The largest absolute Gasteiger partial charge is 0.350 e. The highest BCUT2D eigenvalue weighted by molar-refractivity contribution is 9.10. The average Bonchev–Trinajstić information content (AvgIpc) is 3.36. The number of aryl methyl sites for hydroxylation is 1. The number of carbonyl (C=O) groups excluding carboxylic acids is 1. The molecule has 7 nitrogen and oxygen atoms in total. The predicted octanol–water partition coefficient (Wildman–Crippen LogP) is 7.50. The number of benzene rings is 4. The summed E-state index contributed by atoms with van der Waals surface area (Å²) >= 11 is 11.6. The minimum Gasteiger partial charge on any atom is -0.350 e. The average molecular weight is 680 g/mol. The normalized spacial score (nSPS) is 9.82. The summed E-state index contributed by atoms with van der Waals surface area (Å²) in [5.74, 6) is 6.39. The molecule has 5 rings (SSSR count). The maximum absolute atomic E-state index is 10.9. The minimum atomic E-state index is -0.280. The zero-order valence-electron chi connectivity index (χ0n) is 21.9. The van der Waals surface area contributed by atoms with Gasteiger partial charge in [0, 0.05) is 31.4 Å². The van der Waals surface area contributed by atoms with E-state index in [-0.39, 0.29) is 5.91 Å². The second-order valence-electron chi connectivity index (χ2n) is 8.28. The molecule has 0 radical (unpaired) electrons. The van der Waals surface area contributed by atoms with Crippen LogP contribution >= 0.6 is 44.1 Å². The third kappa shape index (κ3) is 9.49. The third-order valence-electron chi connectivity index (χ3n) is 5.27. The second-order valence-corrected chi connectivity index (χ2v) is 10.7. The highest BCUT2D eigenvalue weighted by atomic mass is 79.9. The number of nitrogens with two attached hydrogens (primary N) is 1. The first-order valence-electron chi connectivity index (χ1n) is 12.1. The molecule has 4 aromatic carbocycles. The molecule has 0 aliphatic heterocycles. The molecule has 0 fully saturated rings. The number of thiocarbonyl (C=S) groups is 1. The van der Waals surface area contributed by atoms with Crippen LogP contribution in [-0.4, -0.2) is 25.7 Å². The van der Waals surface area contributed by atoms with Gasteiger partial charge < -0.3 is 5.32 Å². The van der Waals surface area contributed by atoms with Gasteiger partial charge in [0.05, 0.1) is 4.99 Å². The van der Waals surface area contributed by atoms with E-state index in [1.165, 1.54) is 0 Å². The molecular weight excluding hydrogens is 652 g/mol. The highest BCUT2D eigenvalue weighted by Gasteiger charge is 2.12. The van der Waals surface area contributed by atoms with Crippen molar-refractivity contribution >= 4 is 60.7 Å². The summed E-state index contributed by atoms with van der Waals surface area (Å²) in [6.45, 7) is 3.82. The molecule has 0 bridgehead atoms. The van der Waals surface area contributed by atoms with Crippen LogP contribution in [0.3, 0.4) is 0 Å². The molecule has 0 atom stereocenters. The van der Waals surface area contributed by atoms with Gasteiger partial charge in [0.15, 0.2) is 5.82 Å². The Morgan fingerprint density at radius 1 is 0.800 bits per heavy atom. The number of hydrogen-bond donors (Lipinski definition) is 3. The highest BCUT2D eigenvalue weighted by Crippen LogP contribution is 2.24. The van der Waals surface area contributed by atoms with Gasteiger partial charge in [0.25, 0.3) is 5.91 Å². The number of rotatable bonds is 4. The summed E-state index contributed by atoms with van der Waals surface area (Å²) in [5.41, 5.74) is 5.77. The molecule has 40 heavy (non-hydrogen) atoms. The molecule has 0 aliphatic carbocycles. The Kier molecular flexibility index (Phi) is 12.2. The van der Waals surface area contributed by atoms with Gasteiger partial charge in [-0.15, -0.1) is 10.2 Å². The second kappa shape index (κ2) is 15.8. The van der Waals surface area contributed by atoms with Crippen molar-refractivity contribution < 1.29 is 4.79 Å². The summed E-state index contributed by atoms with van der Waals surface area (Å²) in [5, 5.41) is 11.5. The van der Waals surface area contributed by atoms with Gasteiger partial charge in [-0.25, -0.2) is 5.84 Å². The Hall–Kier alpha value is -3.70. The van der Waals surface area contributed by atoms with Gasteiger partial charge in [0.2, 0.25) is 0 Å². The number of para-hydroxylation sites is 2. The maximum Gasteiger partial charge on any atom is 0.265 e. The molecule has 1 amide bonds. The molecular formula is C30H28Br2N6OS. The number of aromatic nitrogens is 3. The van der Waals surface area contributed by atoms with Crippen molar-refractivity contribution in [2.75, 3.05) is 5.32 Å². The molecule has 0 saturated carbocycles. The Morgan fingerprint density at radius 3 is 1.85 bits per heavy atom. The topological polar surface area (TPSA) is 97.9 Å². The summed E-state index contributed by atoms with van der Waals surface area (Å²) in [7, 11) is 0. The van der Waals surface area contributed by atoms with E-state index >= 15 is 0 Å². The lowest BCUT2D eigenvalue weighted by Crippen LogP contribution is -2.29. The number of nitrogens with zero attached hydrogens (tertiary/aromatic N) is 3. The molecule has 204 valence electrons. The van der Waals surface area contributed by atoms with E-state index in [0.717, 1.165) is 42.5 Å². The number of hydrogen-bond acceptors (Lipinski definition) is 5. The van der Waals surface area contributed by atoms with E-state index in [1.807, 2.05) is 92.1 Å². The number of amides is 1. The molecule has 0 unspecified atom stereocenters. The smallest absolute Gasteiger partial charge is 0.265 e. The van der Waals surface area contributed by atoms with E-state index in [2.05, 4.69) is 64.1 Å². The van der Waals surface area contributed by atoms with Crippen LogP contribution in [0.25, 0.3) is 17.1 Å². The van der Waals surface area contributed by atoms with Crippen LogP contribution in [0.15, 0.2) is 118 Å². The fraction of sp³-hybridized carbons (Fsp3) is 0.0667. The minimum absolute atomic E-state index is 0.280. The van der Waals surface area contributed by atoms with Crippen molar-refractivity contribution in [3.63, 3.8) is 0 Å². The zero-order chi connectivity index (χ0) is 28.9. The number of hydrazine groups is 1. The van der Waals surface area contributed by atoms with Crippen molar-refractivity contribution in [3.05, 3.63) is 130 Å². The van der Waals surface area contributed by atoms with Crippen molar-refractivity contribution in [3.8, 4) is 17.1 Å². The Labute approximate surface area is 256 Å². The zero-order valence-corrected chi connectivity index (χ0v) is 25.9. The standard InChI is InChI=1S/C15H12BrN3.C8H9NS.C7H7BrN2O/c1-11-17-18-15(12-7-9-13(16)10-8-12)19(11)14-5-3-2-4-6-14;1-7(10)9-8-5-3-2-4-6-8;8-6-3-1-5(2-4-6)7(11)10-9/h2-10H,1H3;2-6H,1H3,(H,9,10);1-4H,9H2,(H,10,11). The van der Waals surface area contributed by atoms with Crippen LogP contribution in [0.4, 0.5) is 5.69 Å². The summed E-state index contributed by atoms with van der Waals surface area (Å²) in [4.78, 5) is 11.7. The van der Waals surface area contributed by atoms with Crippen LogP contribution in [0.2, 0.25) is 0 Å². The lowest BCUT2D eigenvalue weighted by molar-refractivity contribution is 0.0953. The first-order valence-corrected chi connectivity index (χ1v) is 14.1. The Balaban J connectivity index is 0.000000180. The SMILES string of the molecule is CC(=S)Nc1ccccc1.Cc1nnc(-c2ccc(Br)cc2)n1-c1ccccc1.NNC(=O)c1ccc(Br)cc1. The molecule has 4 N–H and O–H groups in total. The summed E-state index contributed by atoms with van der Waals surface area (Å²) in [6.07, 6.45) is 0. The quantitative estimate of drug-likeness (QED) is 0.0788. The van der Waals surface area contributed by atoms with E-state index in [1.54, 1.807) is 24.3 Å². The number of halogens is 2. The predicted molar refractivity (Wildman–Crippen MR) is 173 cm³/mol. The van der Waals surface area contributed by atoms with Crippen molar-refractivity contribution in [1.29, 1.82) is 0 Å². The van der Waals surface area contributed by atoms with Crippen molar-refractivity contribution in [2.45, 2.75) is 13.8 Å². The molecule has 5 aromatic rings. The van der Waals surface area contributed by atoms with Gasteiger partial charge in [0.1, 0.15) is 5.82 Å². The lowest BCUT2D eigenvalue weighted by Gasteiger charge is -2.08. The molecule has 10 heteroatoms. The van der Waals surface area contributed by atoms with Crippen LogP contribution in [0.5, 0.6) is 0 Å². The first kappa shape index (κ1) is 30.8. The van der Waals surface area contributed by atoms with E-state index in [9.17, 15) is 4.79 Å². The monoisotopic (exact) mass is 678 g/mol. The number of nitrogen functional groups attached to an aromatic ring is 1. The number of anilines is 1. The van der Waals surface area contributed by atoms with E-state index in [0.29, 0.717) is 5.56 Å². The fourth-order valence-electron chi connectivity index (χ4n) is 3.44. The fourth-order valence-corrected chi connectivity index (χ4v) is 4.09. The molecule has 1 aromatic heterocycles. The molecule has 1 heterocycles. The van der Waals surface area contributed by atoms with Crippen LogP contribution in [0.1, 0.15) is 23.1 Å². The van der Waals surface area contributed by atoms with Gasteiger partial charge in [-0.2, -0.15) is 0 Å². The Morgan fingerprint density at radius 2 is 1.32 bits per heavy atom. The van der Waals surface area contributed by atoms with Gasteiger partial charge in [-0.05, 0) is 74.5 Å². The first-order chi connectivity index (χ1) is 19.3. The molecule has 0 spiro atoms. The molecule has 0 saturated heterocycles. The summed E-state index contributed by atoms with van der Waals surface area (Å²) < 4.78 is 4.05. The van der Waals surface area contributed by atoms with Crippen LogP contribution < -0.4 is 16.6 Å². The van der Waals surface area contributed by atoms with E-state index in [4.69, 9.17) is 18.1 Å². The van der Waals surface area contributed by atoms with E-state index < -0.39 is 0 Å².